The molecule has 1 aromatic rings. The van der Waals surface area contributed by atoms with Crippen LogP contribution in [0, 0.1) is 11.3 Å². The van der Waals surface area contributed by atoms with E-state index >= 15 is 0 Å². The summed E-state index contributed by atoms with van der Waals surface area (Å²) >= 11 is 0. The molecule has 0 atom stereocenters. The minimum Gasteiger partial charge on any atom is -0.497 e. The van der Waals surface area contributed by atoms with Crippen molar-refractivity contribution in [1.29, 1.82) is 5.26 Å². The fraction of sp³-hybridized carbons (Fsp3) is 0.100. The third-order valence-corrected chi connectivity index (χ3v) is 1.49. The third kappa shape index (κ3) is 1.86. The number of nitrogens with zero attached hydrogens (tertiary/aromatic N) is 1. The van der Waals surface area contributed by atoms with E-state index in [1.165, 1.54) is 6.26 Å². The van der Waals surface area contributed by atoms with Crippen LogP contribution >= 0.6 is 0 Å². The molecule has 60 valence electrons. The molecule has 0 heterocycles. The molecule has 0 radical (unpaired) electrons. The number of benzene rings is 1. The Labute approximate surface area is 71.7 Å². The highest BCUT2D eigenvalue weighted by Crippen LogP contribution is 2.08. The predicted octanol–water partition coefficient (Wildman–Crippen LogP) is 2.22. The van der Waals surface area contributed by atoms with Gasteiger partial charge < -0.3 is 4.74 Å². The van der Waals surface area contributed by atoms with E-state index in [1.54, 1.807) is 6.07 Å². The van der Waals surface area contributed by atoms with Gasteiger partial charge in [-0.1, -0.05) is 24.8 Å². The van der Waals surface area contributed by atoms with Crippen LogP contribution in [0.3, 0.4) is 0 Å². The molecule has 0 fully saturated rings. The van der Waals surface area contributed by atoms with Crippen molar-refractivity contribution in [1.82, 2.24) is 0 Å². The van der Waals surface area contributed by atoms with Gasteiger partial charge >= 0.3 is 0 Å². The molecule has 0 bridgehead atoms. The molecular formula is C10H9NO. The summed E-state index contributed by atoms with van der Waals surface area (Å²) in [5, 5.41) is 8.69. The minimum absolute atomic E-state index is 0.410. The van der Waals surface area contributed by atoms with Gasteiger partial charge in [0.2, 0.25) is 0 Å². The molecule has 12 heavy (non-hydrogen) atoms. The topological polar surface area (TPSA) is 33.0 Å². The van der Waals surface area contributed by atoms with Crippen LogP contribution in [0.2, 0.25) is 0 Å². The molecule has 0 N–H and O–H groups in total. The second-order valence-electron chi connectivity index (χ2n) is 2.25. The first-order valence-electron chi connectivity index (χ1n) is 3.59. The summed E-state index contributed by atoms with van der Waals surface area (Å²) in [7, 11) is 0. The van der Waals surface area contributed by atoms with E-state index in [2.05, 4.69) is 12.6 Å². The Morgan fingerprint density at radius 3 is 2.92 bits per heavy atom. The molecular weight excluding hydrogens is 150 g/mol. The Bertz CT molecular complexity index is 312. The van der Waals surface area contributed by atoms with E-state index in [1.807, 2.05) is 18.2 Å². The summed E-state index contributed by atoms with van der Waals surface area (Å²) in [5.74, 6) is 0. The zero-order valence-electron chi connectivity index (χ0n) is 6.66. The summed E-state index contributed by atoms with van der Waals surface area (Å²) in [4.78, 5) is 0. The molecule has 1 aromatic carbocycles. The third-order valence-electron chi connectivity index (χ3n) is 1.49. The maximum atomic E-state index is 8.69. The molecule has 0 unspecified atom stereocenters. The van der Waals surface area contributed by atoms with Crippen molar-refractivity contribution in [3.05, 3.63) is 48.2 Å². The average Bonchev–Trinajstić information content (AvgIpc) is 2.15. The standard InChI is InChI=1S/C10H9NO/c1-2-12-8-10-6-4-3-5-9(10)7-11/h2-6H,1,8H2. The molecule has 0 amide bonds. The monoisotopic (exact) mass is 159 g/mol. The van der Waals surface area contributed by atoms with E-state index in [0.717, 1.165) is 5.56 Å². The number of rotatable bonds is 3. The zero-order chi connectivity index (χ0) is 8.81. The maximum Gasteiger partial charge on any atom is 0.114 e. The molecule has 0 spiro atoms. The van der Waals surface area contributed by atoms with Gasteiger partial charge in [-0.2, -0.15) is 5.26 Å². The van der Waals surface area contributed by atoms with Crippen molar-refractivity contribution < 1.29 is 4.74 Å². The first-order chi connectivity index (χ1) is 5.88. The molecule has 2 nitrogen and oxygen atoms in total. The van der Waals surface area contributed by atoms with Gasteiger partial charge in [0.15, 0.2) is 0 Å². The van der Waals surface area contributed by atoms with Gasteiger partial charge in [0.05, 0.1) is 17.9 Å². The Morgan fingerprint density at radius 2 is 2.25 bits per heavy atom. The summed E-state index contributed by atoms with van der Waals surface area (Å²) in [5.41, 5.74) is 1.54. The van der Waals surface area contributed by atoms with E-state index in [0.29, 0.717) is 12.2 Å². The van der Waals surface area contributed by atoms with E-state index < -0.39 is 0 Å². The highest BCUT2D eigenvalue weighted by molar-refractivity contribution is 5.36. The predicted molar refractivity (Wildman–Crippen MR) is 46.1 cm³/mol. The van der Waals surface area contributed by atoms with Crippen molar-refractivity contribution in [3.8, 4) is 6.07 Å². The van der Waals surface area contributed by atoms with Gasteiger partial charge in [0.25, 0.3) is 0 Å². The number of hydrogen-bond donors (Lipinski definition) is 0. The SMILES string of the molecule is C=COCc1ccccc1C#N. The number of hydrogen-bond acceptors (Lipinski definition) is 2. The highest BCUT2D eigenvalue weighted by atomic mass is 16.5. The van der Waals surface area contributed by atoms with Crippen LogP contribution in [0.5, 0.6) is 0 Å². The Morgan fingerprint density at radius 1 is 1.50 bits per heavy atom. The summed E-state index contributed by atoms with van der Waals surface area (Å²) < 4.78 is 4.97. The quantitative estimate of drug-likeness (QED) is 0.633. The molecule has 0 aliphatic rings. The van der Waals surface area contributed by atoms with Gasteiger partial charge in [-0.3, -0.25) is 0 Å². The minimum atomic E-state index is 0.410. The normalized spacial score (nSPS) is 8.58. The first kappa shape index (κ1) is 8.35. The largest absolute Gasteiger partial charge is 0.497 e. The Kier molecular flexibility index (Phi) is 2.92. The fourth-order valence-electron chi connectivity index (χ4n) is 0.904. The van der Waals surface area contributed by atoms with Crippen molar-refractivity contribution in [2.45, 2.75) is 6.61 Å². The van der Waals surface area contributed by atoms with Gasteiger partial charge in [-0.15, -0.1) is 0 Å². The Hall–Kier alpha value is -1.75. The molecule has 1 rings (SSSR count). The lowest BCUT2D eigenvalue weighted by Gasteiger charge is -2.01. The Balaban J connectivity index is 2.83. The van der Waals surface area contributed by atoms with Crippen molar-refractivity contribution in [2.24, 2.45) is 0 Å². The van der Waals surface area contributed by atoms with Gasteiger partial charge in [-0.05, 0) is 6.07 Å². The number of nitriles is 1. The second-order valence-corrected chi connectivity index (χ2v) is 2.25. The summed E-state index contributed by atoms with van der Waals surface area (Å²) in [6.07, 6.45) is 1.37. The van der Waals surface area contributed by atoms with Crippen molar-refractivity contribution in [2.75, 3.05) is 0 Å². The molecule has 0 saturated carbocycles. The lowest BCUT2D eigenvalue weighted by molar-refractivity contribution is 0.237. The lowest BCUT2D eigenvalue weighted by Crippen LogP contribution is -1.90. The molecule has 0 aliphatic heterocycles. The van der Waals surface area contributed by atoms with Crippen molar-refractivity contribution in [3.63, 3.8) is 0 Å². The van der Waals surface area contributed by atoms with Crippen LogP contribution in [0.4, 0.5) is 0 Å². The van der Waals surface area contributed by atoms with Crippen LogP contribution in [-0.4, -0.2) is 0 Å². The zero-order valence-corrected chi connectivity index (χ0v) is 6.66. The highest BCUT2D eigenvalue weighted by Gasteiger charge is 1.98. The van der Waals surface area contributed by atoms with Gasteiger partial charge in [-0.25, -0.2) is 0 Å². The first-order valence-corrected chi connectivity index (χ1v) is 3.59. The number of ether oxygens (including phenoxy) is 1. The summed E-state index contributed by atoms with van der Waals surface area (Å²) in [6, 6.07) is 9.43. The van der Waals surface area contributed by atoms with Crippen molar-refractivity contribution >= 4 is 0 Å². The average molecular weight is 159 g/mol. The van der Waals surface area contributed by atoms with Gasteiger partial charge in [0, 0.05) is 5.56 Å². The van der Waals surface area contributed by atoms with E-state index in [9.17, 15) is 0 Å². The van der Waals surface area contributed by atoms with E-state index in [4.69, 9.17) is 10.00 Å². The summed E-state index contributed by atoms with van der Waals surface area (Å²) in [6.45, 7) is 3.84. The van der Waals surface area contributed by atoms with Crippen LogP contribution in [0.1, 0.15) is 11.1 Å². The van der Waals surface area contributed by atoms with E-state index in [-0.39, 0.29) is 0 Å². The second kappa shape index (κ2) is 4.20. The molecule has 0 aliphatic carbocycles. The smallest absolute Gasteiger partial charge is 0.114 e. The van der Waals surface area contributed by atoms with Crippen LogP contribution in [-0.2, 0) is 11.3 Å². The van der Waals surface area contributed by atoms with Crippen LogP contribution in [0.25, 0.3) is 0 Å². The lowest BCUT2D eigenvalue weighted by atomic mass is 10.1. The van der Waals surface area contributed by atoms with Crippen LogP contribution < -0.4 is 0 Å². The molecule has 2 heteroatoms. The van der Waals surface area contributed by atoms with Crippen LogP contribution in [0.15, 0.2) is 37.1 Å². The molecule has 0 saturated heterocycles. The molecule has 0 aromatic heterocycles. The maximum absolute atomic E-state index is 8.69. The fourth-order valence-corrected chi connectivity index (χ4v) is 0.904. The van der Waals surface area contributed by atoms with Gasteiger partial charge in [0.1, 0.15) is 6.61 Å².